The van der Waals surface area contributed by atoms with E-state index in [2.05, 4.69) is 5.32 Å². The van der Waals surface area contributed by atoms with Crippen molar-refractivity contribution in [3.8, 4) is 11.5 Å². The summed E-state index contributed by atoms with van der Waals surface area (Å²) in [7, 11) is 0. The first kappa shape index (κ1) is 16.2. The molecule has 20 heavy (non-hydrogen) atoms. The second kappa shape index (κ2) is 8.35. The molecule has 0 radical (unpaired) electrons. The highest BCUT2D eigenvalue weighted by molar-refractivity contribution is 5.93. The van der Waals surface area contributed by atoms with E-state index in [0.717, 1.165) is 12.8 Å². The van der Waals surface area contributed by atoms with E-state index < -0.39 is 12.3 Å². The third kappa shape index (κ3) is 5.03. The van der Waals surface area contributed by atoms with E-state index in [1.54, 1.807) is 6.07 Å². The van der Waals surface area contributed by atoms with Crippen molar-refractivity contribution < 1.29 is 23.0 Å². The van der Waals surface area contributed by atoms with Crippen LogP contribution in [0.4, 0.5) is 14.5 Å². The minimum Gasteiger partial charge on any atom is -0.490 e. The van der Waals surface area contributed by atoms with Crippen molar-refractivity contribution in [1.29, 1.82) is 0 Å². The second-order valence-electron chi connectivity index (χ2n) is 4.15. The molecule has 1 aromatic carbocycles. The van der Waals surface area contributed by atoms with Crippen molar-refractivity contribution in [2.75, 3.05) is 18.5 Å². The number of hydrogen-bond donors (Lipinski definition) is 1. The average Bonchev–Trinajstić information content (AvgIpc) is 2.43. The molecule has 0 fully saturated rings. The average molecular weight is 287 g/mol. The zero-order chi connectivity index (χ0) is 15.0. The number of halogens is 2. The molecular formula is C14H19F2NO3. The minimum absolute atomic E-state index is 0.255. The molecule has 1 amide bonds. The number of hydrogen-bond acceptors (Lipinski definition) is 3. The maximum Gasteiger partial charge on any atom is 0.315 e. The molecule has 0 aromatic heterocycles. The number of nitrogens with one attached hydrogen (secondary N) is 1. The van der Waals surface area contributed by atoms with Gasteiger partial charge in [0.2, 0.25) is 0 Å². The first-order valence-electron chi connectivity index (χ1n) is 6.57. The number of rotatable bonds is 8. The van der Waals surface area contributed by atoms with E-state index in [0.29, 0.717) is 24.7 Å². The van der Waals surface area contributed by atoms with E-state index >= 15 is 0 Å². The quantitative estimate of drug-likeness (QED) is 0.796. The molecule has 0 bridgehead atoms. The van der Waals surface area contributed by atoms with Crippen LogP contribution in [-0.2, 0) is 4.79 Å². The number of amides is 1. The lowest BCUT2D eigenvalue weighted by Gasteiger charge is -2.14. The molecule has 0 atom stereocenters. The summed E-state index contributed by atoms with van der Waals surface area (Å²) in [5, 5.41) is 2.12. The molecular weight excluding hydrogens is 268 g/mol. The summed E-state index contributed by atoms with van der Waals surface area (Å²) in [5.41, 5.74) is 0.255. The first-order valence-corrected chi connectivity index (χ1v) is 6.57. The molecule has 0 aliphatic carbocycles. The Kier molecular flexibility index (Phi) is 6.76. The summed E-state index contributed by atoms with van der Waals surface area (Å²) in [5.74, 6) is -0.364. The standard InChI is InChI=1S/C14H19F2NO3/c1-3-7-19-11-6-5-10(17-14(18)13(15)16)9-12(11)20-8-4-2/h5-6,9,13H,3-4,7-8H2,1-2H3,(H,17,18). The van der Waals surface area contributed by atoms with Crippen LogP contribution in [0.15, 0.2) is 18.2 Å². The molecule has 4 nitrogen and oxygen atoms in total. The van der Waals surface area contributed by atoms with Crippen LogP contribution in [0.25, 0.3) is 0 Å². The fourth-order valence-electron chi connectivity index (χ4n) is 1.44. The molecule has 1 rings (SSSR count). The lowest BCUT2D eigenvalue weighted by Crippen LogP contribution is -2.20. The summed E-state index contributed by atoms with van der Waals surface area (Å²) >= 11 is 0. The van der Waals surface area contributed by atoms with Gasteiger partial charge in [0.1, 0.15) is 0 Å². The first-order chi connectivity index (χ1) is 9.58. The van der Waals surface area contributed by atoms with E-state index in [4.69, 9.17) is 9.47 Å². The maximum atomic E-state index is 12.2. The van der Waals surface area contributed by atoms with Crippen molar-refractivity contribution in [3.63, 3.8) is 0 Å². The van der Waals surface area contributed by atoms with Crippen LogP contribution >= 0.6 is 0 Å². The SMILES string of the molecule is CCCOc1ccc(NC(=O)C(F)F)cc1OCCC. The predicted molar refractivity (Wildman–Crippen MR) is 72.6 cm³/mol. The zero-order valence-corrected chi connectivity index (χ0v) is 11.6. The lowest BCUT2D eigenvalue weighted by molar-refractivity contribution is -0.126. The van der Waals surface area contributed by atoms with Crippen LogP contribution in [0.1, 0.15) is 26.7 Å². The fraction of sp³-hybridized carbons (Fsp3) is 0.500. The van der Waals surface area contributed by atoms with Gasteiger partial charge in [-0.15, -0.1) is 0 Å². The smallest absolute Gasteiger partial charge is 0.315 e. The number of carbonyl (C=O) groups excluding carboxylic acids is 1. The van der Waals surface area contributed by atoms with E-state index in [1.165, 1.54) is 12.1 Å². The van der Waals surface area contributed by atoms with Gasteiger partial charge >= 0.3 is 6.43 Å². The van der Waals surface area contributed by atoms with Crippen molar-refractivity contribution in [2.24, 2.45) is 0 Å². The van der Waals surface area contributed by atoms with Gasteiger partial charge in [-0.2, -0.15) is 8.78 Å². The van der Waals surface area contributed by atoms with Crippen LogP contribution in [0.3, 0.4) is 0 Å². The lowest BCUT2D eigenvalue weighted by atomic mass is 10.2. The number of benzene rings is 1. The molecule has 0 saturated heterocycles. The molecule has 0 spiro atoms. The summed E-state index contributed by atoms with van der Waals surface area (Å²) in [6, 6.07) is 4.59. The highest BCUT2D eigenvalue weighted by Crippen LogP contribution is 2.31. The predicted octanol–water partition coefficient (Wildman–Crippen LogP) is 3.47. The number of anilines is 1. The summed E-state index contributed by atoms with van der Waals surface area (Å²) in [6.45, 7) is 4.94. The second-order valence-corrected chi connectivity index (χ2v) is 4.15. The van der Waals surface area contributed by atoms with Crippen molar-refractivity contribution in [1.82, 2.24) is 0 Å². The van der Waals surface area contributed by atoms with E-state index in [9.17, 15) is 13.6 Å². The van der Waals surface area contributed by atoms with Crippen LogP contribution in [0.2, 0.25) is 0 Å². The number of ether oxygens (including phenoxy) is 2. The van der Waals surface area contributed by atoms with Crippen molar-refractivity contribution in [2.45, 2.75) is 33.1 Å². The molecule has 0 saturated carbocycles. The van der Waals surface area contributed by atoms with Gasteiger partial charge in [-0.25, -0.2) is 0 Å². The summed E-state index contributed by atoms with van der Waals surface area (Å²) in [4.78, 5) is 11.0. The Hall–Kier alpha value is -1.85. The monoisotopic (exact) mass is 287 g/mol. The molecule has 0 unspecified atom stereocenters. The third-order valence-corrected chi connectivity index (χ3v) is 2.33. The van der Waals surface area contributed by atoms with Gasteiger partial charge in [0, 0.05) is 11.8 Å². The van der Waals surface area contributed by atoms with Crippen LogP contribution < -0.4 is 14.8 Å². The maximum absolute atomic E-state index is 12.2. The molecule has 0 heterocycles. The molecule has 1 aromatic rings. The van der Waals surface area contributed by atoms with Gasteiger partial charge in [0.25, 0.3) is 5.91 Å². The topological polar surface area (TPSA) is 47.6 Å². The normalized spacial score (nSPS) is 10.4. The minimum atomic E-state index is -3.05. The third-order valence-electron chi connectivity index (χ3n) is 2.33. The Bertz CT molecular complexity index is 438. The highest BCUT2D eigenvalue weighted by Gasteiger charge is 2.16. The largest absolute Gasteiger partial charge is 0.490 e. The molecule has 1 N–H and O–H groups in total. The van der Waals surface area contributed by atoms with Crippen LogP contribution in [-0.4, -0.2) is 25.5 Å². The summed E-state index contributed by atoms with van der Waals surface area (Å²) < 4.78 is 35.4. The molecule has 0 aliphatic heterocycles. The van der Waals surface area contributed by atoms with E-state index in [-0.39, 0.29) is 5.69 Å². The molecule has 6 heteroatoms. The van der Waals surface area contributed by atoms with Crippen LogP contribution in [0, 0.1) is 0 Å². The summed E-state index contributed by atoms with van der Waals surface area (Å²) in [6.07, 6.45) is -1.40. The number of carbonyl (C=O) groups is 1. The van der Waals surface area contributed by atoms with Gasteiger partial charge in [-0.1, -0.05) is 13.8 Å². The zero-order valence-electron chi connectivity index (χ0n) is 11.6. The van der Waals surface area contributed by atoms with Crippen LogP contribution in [0.5, 0.6) is 11.5 Å². The molecule has 112 valence electrons. The number of alkyl halides is 2. The molecule has 0 aliphatic rings. The van der Waals surface area contributed by atoms with Crippen molar-refractivity contribution in [3.05, 3.63) is 18.2 Å². The Morgan fingerprint density at radius 2 is 1.75 bits per heavy atom. The van der Waals surface area contributed by atoms with Gasteiger partial charge in [0.15, 0.2) is 11.5 Å². The van der Waals surface area contributed by atoms with Gasteiger partial charge in [0.05, 0.1) is 13.2 Å². The Balaban J connectivity index is 2.85. The highest BCUT2D eigenvalue weighted by atomic mass is 19.3. The van der Waals surface area contributed by atoms with Gasteiger partial charge in [-0.05, 0) is 25.0 Å². The van der Waals surface area contributed by atoms with Gasteiger partial charge < -0.3 is 14.8 Å². The Labute approximate surface area is 117 Å². The fourth-order valence-corrected chi connectivity index (χ4v) is 1.44. The van der Waals surface area contributed by atoms with Gasteiger partial charge in [-0.3, -0.25) is 4.79 Å². The van der Waals surface area contributed by atoms with E-state index in [1.807, 2.05) is 13.8 Å². The Morgan fingerprint density at radius 3 is 2.30 bits per heavy atom. The van der Waals surface area contributed by atoms with Crippen molar-refractivity contribution >= 4 is 11.6 Å². The Morgan fingerprint density at radius 1 is 1.15 bits per heavy atom.